The van der Waals surface area contributed by atoms with Crippen molar-refractivity contribution in [2.75, 3.05) is 18.2 Å². The average Bonchev–Trinajstić information content (AvgIpc) is 3.13. The lowest BCUT2D eigenvalue weighted by Gasteiger charge is -2.12. The molecule has 0 bridgehead atoms. The minimum Gasteiger partial charge on any atom is -0.495 e. The van der Waals surface area contributed by atoms with Gasteiger partial charge in [0.1, 0.15) is 5.75 Å². The lowest BCUT2D eigenvalue weighted by molar-refractivity contribution is -0.115. The first-order valence-corrected chi connectivity index (χ1v) is 11.1. The number of carbonyl (C=O) groups excluding carboxylic acids is 1. The van der Waals surface area contributed by atoms with E-state index in [-0.39, 0.29) is 17.1 Å². The Morgan fingerprint density at radius 3 is 2.60 bits per heavy atom. The maximum atomic E-state index is 12.9. The van der Waals surface area contributed by atoms with Gasteiger partial charge in [0.15, 0.2) is 15.6 Å². The monoisotopic (exact) mass is 448 g/mol. The van der Waals surface area contributed by atoms with E-state index in [1.54, 1.807) is 56.3 Å². The van der Waals surface area contributed by atoms with Gasteiger partial charge in [0.2, 0.25) is 5.91 Å². The molecule has 158 valence electrons. The molecular formula is C21H21ClN2O5S. The van der Waals surface area contributed by atoms with Crippen molar-refractivity contribution in [1.82, 2.24) is 5.16 Å². The van der Waals surface area contributed by atoms with E-state index in [0.29, 0.717) is 39.0 Å². The predicted octanol–water partition coefficient (Wildman–Crippen LogP) is 4.42. The third-order valence-electron chi connectivity index (χ3n) is 4.47. The van der Waals surface area contributed by atoms with E-state index in [1.165, 1.54) is 7.11 Å². The number of amides is 1. The molecule has 1 N–H and O–H groups in total. The normalized spacial score (nSPS) is 11.3. The van der Waals surface area contributed by atoms with Gasteiger partial charge in [-0.05, 0) is 43.7 Å². The van der Waals surface area contributed by atoms with Crippen molar-refractivity contribution >= 4 is 33.0 Å². The highest BCUT2D eigenvalue weighted by Crippen LogP contribution is 2.29. The van der Waals surface area contributed by atoms with Crippen LogP contribution in [0.3, 0.4) is 0 Å². The Morgan fingerprint density at radius 2 is 1.93 bits per heavy atom. The number of methoxy groups -OCH3 is 1. The molecule has 0 aliphatic heterocycles. The van der Waals surface area contributed by atoms with Gasteiger partial charge in [-0.15, -0.1) is 0 Å². The summed E-state index contributed by atoms with van der Waals surface area (Å²) in [7, 11) is -2.24. The molecule has 0 saturated carbocycles. The van der Waals surface area contributed by atoms with Gasteiger partial charge < -0.3 is 14.6 Å². The minimum absolute atomic E-state index is 0.155. The van der Waals surface area contributed by atoms with Crippen molar-refractivity contribution in [3.63, 3.8) is 0 Å². The van der Waals surface area contributed by atoms with Crippen LogP contribution in [0.5, 0.6) is 5.75 Å². The third-order valence-corrected chi connectivity index (χ3v) is 6.56. The number of nitrogens with one attached hydrogen (secondary N) is 1. The first-order chi connectivity index (χ1) is 14.2. The molecule has 1 heterocycles. The van der Waals surface area contributed by atoms with Crippen LogP contribution in [0.25, 0.3) is 11.3 Å². The molecule has 30 heavy (non-hydrogen) atoms. The summed E-state index contributed by atoms with van der Waals surface area (Å²) >= 11 is 5.96. The summed E-state index contributed by atoms with van der Waals surface area (Å²) < 4.78 is 36.2. The average molecular weight is 449 g/mol. The van der Waals surface area contributed by atoms with Crippen LogP contribution in [0, 0.1) is 13.8 Å². The number of hydrogen-bond donors (Lipinski definition) is 1. The Kier molecular flexibility index (Phi) is 6.48. The molecular weight excluding hydrogens is 428 g/mol. The van der Waals surface area contributed by atoms with Crippen LogP contribution in [-0.2, 0) is 14.6 Å². The largest absolute Gasteiger partial charge is 0.495 e. The zero-order chi connectivity index (χ0) is 21.9. The number of aromatic nitrogens is 1. The van der Waals surface area contributed by atoms with Gasteiger partial charge in [-0.3, -0.25) is 4.79 Å². The minimum atomic E-state index is -3.71. The number of ether oxygens (including phenoxy) is 1. The number of rotatable bonds is 7. The second-order valence-electron chi connectivity index (χ2n) is 6.77. The van der Waals surface area contributed by atoms with Gasteiger partial charge in [0.05, 0.1) is 29.1 Å². The van der Waals surface area contributed by atoms with Crippen molar-refractivity contribution in [2.24, 2.45) is 0 Å². The number of halogens is 1. The van der Waals surface area contributed by atoms with Gasteiger partial charge >= 0.3 is 0 Å². The third kappa shape index (κ3) is 5.01. The maximum Gasteiger partial charge on any atom is 0.225 e. The molecule has 9 heteroatoms. The van der Waals surface area contributed by atoms with Crippen LogP contribution in [0.2, 0.25) is 5.02 Å². The zero-order valence-electron chi connectivity index (χ0n) is 16.7. The quantitative estimate of drug-likeness (QED) is 0.574. The van der Waals surface area contributed by atoms with E-state index in [1.807, 2.05) is 0 Å². The highest BCUT2D eigenvalue weighted by atomic mass is 35.5. The van der Waals surface area contributed by atoms with Crippen LogP contribution in [-0.4, -0.2) is 32.3 Å². The molecule has 0 fully saturated rings. The summed E-state index contributed by atoms with van der Waals surface area (Å²) in [4.78, 5) is 12.5. The van der Waals surface area contributed by atoms with Crippen LogP contribution in [0.4, 0.5) is 5.69 Å². The molecule has 0 saturated heterocycles. The maximum absolute atomic E-state index is 12.9. The summed E-state index contributed by atoms with van der Waals surface area (Å²) in [6.45, 7) is 3.49. The fourth-order valence-corrected chi connectivity index (χ4v) is 4.63. The molecule has 1 aromatic heterocycles. The van der Waals surface area contributed by atoms with Gasteiger partial charge in [0.25, 0.3) is 0 Å². The number of benzene rings is 2. The van der Waals surface area contributed by atoms with E-state index in [0.717, 1.165) is 0 Å². The molecule has 0 atom stereocenters. The summed E-state index contributed by atoms with van der Waals surface area (Å²) in [5, 5.41) is 6.90. The van der Waals surface area contributed by atoms with Crippen LogP contribution >= 0.6 is 11.6 Å². The molecule has 7 nitrogen and oxygen atoms in total. The molecule has 1 amide bonds. The second-order valence-corrected chi connectivity index (χ2v) is 9.29. The number of sulfone groups is 1. The number of nitrogens with zero attached hydrogens (tertiary/aromatic N) is 1. The first-order valence-electron chi connectivity index (χ1n) is 9.10. The van der Waals surface area contributed by atoms with Crippen molar-refractivity contribution in [1.29, 1.82) is 0 Å². The fraction of sp³-hybridized carbons (Fsp3) is 0.238. The number of anilines is 1. The second kappa shape index (κ2) is 8.89. The molecule has 0 radical (unpaired) electrons. The zero-order valence-corrected chi connectivity index (χ0v) is 18.3. The summed E-state index contributed by atoms with van der Waals surface area (Å²) in [5.41, 5.74) is 2.27. The lowest BCUT2D eigenvalue weighted by Crippen LogP contribution is -2.18. The Labute approximate surface area is 179 Å². The Hall–Kier alpha value is -2.84. The fourth-order valence-electron chi connectivity index (χ4n) is 2.92. The summed E-state index contributed by atoms with van der Waals surface area (Å²) in [6.07, 6.45) is -0.219. The van der Waals surface area contributed by atoms with Gasteiger partial charge in [-0.1, -0.05) is 28.9 Å². The smallest absolute Gasteiger partial charge is 0.225 e. The summed E-state index contributed by atoms with van der Waals surface area (Å²) in [6, 6.07) is 11.5. The molecule has 0 unspecified atom stereocenters. The van der Waals surface area contributed by atoms with E-state index in [9.17, 15) is 13.2 Å². The van der Waals surface area contributed by atoms with Gasteiger partial charge in [-0.2, -0.15) is 0 Å². The Morgan fingerprint density at radius 1 is 1.17 bits per heavy atom. The van der Waals surface area contributed by atoms with Crippen molar-refractivity contribution in [3.05, 3.63) is 58.7 Å². The molecule has 3 aromatic rings. The standard InChI is InChI=1S/C21H21ClN2O5S/c1-13-4-5-15(19-10-14(2)24-29-19)11-20(13)30(26,27)9-8-21(25)23-17-12-16(22)6-7-18(17)28-3/h4-7,10-12H,8-9H2,1-3H3,(H,23,25). The van der Waals surface area contributed by atoms with E-state index < -0.39 is 15.7 Å². The van der Waals surface area contributed by atoms with Crippen LogP contribution in [0.1, 0.15) is 17.7 Å². The number of aryl methyl sites for hydroxylation is 2. The Balaban J connectivity index is 1.75. The number of carbonyl (C=O) groups is 1. The highest BCUT2D eigenvalue weighted by Gasteiger charge is 2.21. The SMILES string of the molecule is COc1ccc(Cl)cc1NC(=O)CCS(=O)(=O)c1cc(-c2cc(C)no2)ccc1C. The van der Waals surface area contributed by atoms with Crippen LogP contribution in [0.15, 0.2) is 51.9 Å². The Bertz CT molecular complexity index is 1190. The molecule has 2 aromatic carbocycles. The molecule has 3 rings (SSSR count). The highest BCUT2D eigenvalue weighted by molar-refractivity contribution is 7.91. The van der Waals surface area contributed by atoms with Crippen molar-refractivity contribution in [3.8, 4) is 17.1 Å². The van der Waals surface area contributed by atoms with E-state index >= 15 is 0 Å². The van der Waals surface area contributed by atoms with E-state index in [4.69, 9.17) is 20.9 Å². The topological polar surface area (TPSA) is 98.5 Å². The van der Waals surface area contributed by atoms with Crippen LogP contribution < -0.4 is 10.1 Å². The molecule has 0 aliphatic rings. The first kappa shape index (κ1) is 21.9. The van der Waals surface area contributed by atoms with Gasteiger partial charge in [-0.25, -0.2) is 8.42 Å². The predicted molar refractivity (Wildman–Crippen MR) is 115 cm³/mol. The molecule has 0 spiro atoms. The molecule has 0 aliphatic carbocycles. The van der Waals surface area contributed by atoms with Gasteiger partial charge in [0, 0.05) is 23.1 Å². The number of hydrogen-bond acceptors (Lipinski definition) is 6. The summed E-state index contributed by atoms with van der Waals surface area (Å²) in [5.74, 6) is 0.108. The van der Waals surface area contributed by atoms with Crippen molar-refractivity contribution in [2.45, 2.75) is 25.2 Å². The lowest BCUT2D eigenvalue weighted by atomic mass is 10.1. The van der Waals surface area contributed by atoms with E-state index in [2.05, 4.69) is 10.5 Å². The van der Waals surface area contributed by atoms with Crippen molar-refractivity contribution < 1.29 is 22.5 Å².